The second-order valence-corrected chi connectivity index (χ2v) is 8.58. The highest BCUT2D eigenvalue weighted by Gasteiger charge is 2.20. The predicted molar refractivity (Wildman–Crippen MR) is 134 cm³/mol. The van der Waals surface area contributed by atoms with Crippen LogP contribution in [0, 0.1) is 0 Å². The first-order valence-corrected chi connectivity index (χ1v) is 11.4. The zero-order valence-electron chi connectivity index (χ0n) is 19.4. The molecule has 9 nitrogen and oxygen atoms in total. The number of ether oxygens (including phenoxy) is 2. The van der Waals surface area contributed by atoms with Crippen LogP contribution in [0.25, 0.3) is 10.9 Å². The minimum Gasteiger partial charge on any atom is -0.478 e. The maximum atomic E-state index is 12.6. The molecule has 2 aromatic heterocycles. The van der Waals surface area contributed by atoms with Crippen molar-refractivity contribution in [1.29, 1.82) is 0 Å². The van der Waals surface area contributed by atoms with Gasteiger partial charge in [0.2, 0.25) is 0 Å². The number of rotatable bonds is 7. The standard InChI is InChI=1S/C24H28ClN5O4/c1-26-23(31)14-34-21-11-15-10-16(4-5-20(15)29(2)24(21)32)28-19-12-22(27-13-18(19)25)30-8-6-17(33-3)7-9-30/h4-5,10-13,17H,6-9,14H2,1-3H3,(H,26,31)(H,27,28). The second-order valence-electron chi connectivity index (χ2n) is 8.18. The lowest BCUT2D eigenvalue weighted by Gasteiger charge is -2.32. The largest absolute Gasteiger partial charge is 0.478 e. The number of aryl methyl sites for hydroxylation is 1. The third kappa shape index (κ3) is 5.10. The van der Waals surface area contributed by atoms with E-state index in [2.05, 4.69) is 20.5 Å². The van der Waals surface area contributed by atoms with Crippen LogP contribution in [-0.2, 0) is 16.6 Å². The van der Waals surface area contributed by atoms with Gasteiger partial charge < -0.3 is 29.6 Å². The third-order valence-electron chi connectivity index (χ3n) is 6.05. The Morgan fingerprint density at radius 1 is 1.24 bits per heavy atom. The number of nitrogens with zero attached hydrogens (tertiary/aromatic N) is 3. The van der Waals surface area contributed by atoms with Gasteiger partial charge in [0.1, 0.15) is 5.82 Å². The molecule has 1 amide bonds. The molecule has 0 saturated carbocycles. The number of amides is 1. The van der Waals surface area contributed by atoms with Gasteiger partial charge in [0.05, 0.1) is 28.5 Å². The zero-order valence-corrected chi connectivity index (χ0v) is 20.2. The maximum absolute atomic E-state index is 12.6. The summed E-state index contributed by atoms with van der Waals surface area (Å²) in [6.07, 6.45) is 3.85. The molecule has 0 spiro atoms. The van der Waals surface area contributed by atoms with Crippen molar-refractivity contribution < 1.29 is 14.3 Å². The first-order chi connectivity index (χ1) is 16.4. The van der Waals surface area contributed by atoms with Crippen LogP contribution in [0.5, 0.6) is 5.75 Å². The number of benzene rings is 1. The SMILES string of the molecule is CNC(=O)COc1cc2cc(Nc3cc(N4CCC(OC)CC4)ncc3Cl)ccc2n(C)c1=O. The molecule has 0 radical (unpaired) electrons. The quantitative estimate of drug-likeness (QED) is 0.530. The van der Waals surface area contributed by atoms with Crippen molar-refractivity contribution in [3.63, 3.8) is 0 Å². The smallest absolute Gasteiger partial charge is 0.293 e. The van der Waals surface area contributed by atoms with E-state index in [4.69, 9.17) is 21.1 Å². The Balaban J connectivity index is 1.59. The van der Waals surface area contributed by atoms with E-state index in [9.17, 15) is 9.59 Å². The number of carbonyl (C=O) groups is 1. The highest BCUT2D eigenvalue weighted by Crippen LogP contribution is 2.31. The van der Waals surface area contributed by atoms with Gasteiger partial charge in [-0.15, -0.1) is 0 Å². The summed E-state index contributed by atoms with van der Waals surface area (Å²) in [5.41, 5.74) is 1.96. The number of methoxy groups -OCH3 is 1. The fraction of sp³-hybridized carbons (Fsp3) is 0.375. The number of likely N-dealkylation sites (N-methyl/N-ethyl adjacent to an activating group) is 1. The Hall–Kier alpha value is -3.30. The van der Waals surface area contributed by atoms with Gasteiger partial charge in [0.15, 0.2) is 12.4 Å². The molecule has 0 bridgehead atoms. The van der Waals surface area contributed by atoms with Crippen molar-refractivity contribution in [3.8, 4) is 5.75 Å². The molecule has 180 valence electrons. The summed E-state index contributed by atoms with van der Waals surface area (Å²) in [7, 11) is 4.93. The molecule has 1 aliphatic heterocycles. The zero-order chi connectivity index (χ0) is 24.2. The molecule has 1 saturated heterocycles. The van der Waals surface area contributed by atoms with E-state index in [-0.39, 0.29) is 23.8 Å². The summed E-state index contributed by atoms with van der Waals surface area (Å²) in [4.78, 5) is 30.8. The number of aromatic nitrogens is 2. The summed E-state index contributed by atoms with van der Waals surface area (Å²) < 4.78 is 12.4. The molecule has 10 heteroatoms. The monoisotopic (exact) mass is 485 g/mol. The van der Waals surface area contributed by atoms with E-state index in [0.29, 0.717) is 11.1 Å². The van der Waals surface area contributed by atoms with Crippen LogP contribution in [0.15, 0.2) is 41.3 Å². The highest BCUT2D eigenvalue weighted by atomic mass is 35.5. The Morgan fingerprint density at radius 2 is 2.00 bits per heavy atom. The van der Waals surface area contributed by atoms with E-state index >= 15 is 0 Å². The molecule has 1 aromatic carbocycles. The minimum absolute atomic E-state index is 0.111. The summed E-state index contributed by atoms with van der Waals surface area (Å²) in [5.74, 6) is 0.654. The number of hydrogen-bond acceptors (Lipinski definition) is 7. The van der Waals surface area contributed by atoms with E-state index in [0.717, 1.165) is 54.0 Å². The molecule has 4 rings (SSSR count). The van der Waals surface area contributed by atoms with Gasteiger partial charge in [-0.05, 0) is 37.1 Å². The lowest BCUT2D eigenvalue weighted by atomic mass is 10.1. The average Bonchev–Trinajstić information content (AvgIpc) is 2.86. The maximum Gasteiger partial charge on any atom is 0.293 e. The molecule has 2 N–H and O–H groups in total. The Labute approximate surface area is 202 Å². The van der Waals surface area contributed by atoms with Crippen molar-refractivity contribution in [3.05, 3.63) is 51.9 Å². The normalized spacial score (nSPS) is 14.3. The van der Waals surface area contributed by atoms with Crippen molar-refractivity contribution in [2.75, 3.05) is 44.1 Å². The van der Waals surface area contributed by atoms with Crippen LogP contribution < -0.4 is 25.8 Å². The van der Waals surface area contributed by atoms with Crippen LogP contribution >= 0.6 is 11.6 Å². The summed E-state index contributed by atoms with van der Waals surface area (Å²) in [6, 6.07) is 9.23. The molecule has 0 atom stereocenters. The molecule has 1 fully saturated rings. The molecule has 0 unspecified atom stereocenters. The van der Waals surface area contributed by atoms with E-state index in [1.165, 1.54) is 11.6 Å². The molecule has 0 aliphatic carbocycles. The molecule has 34 heavy (non-hydrogen) atoms. The van der Waals surface area contributed by atoms with Crippen molar-refractivity contribution >= 4 is 45.6 Å². The molecular formula is C24H28ClN5O4. The first-order valence-electron chi connectivity index (χ1n) is 11.1. The number of carbonyl (C=O) groups excluding carboxylic acids is 1. The number of nitrogens with one attached hydrogen (secondary N) is 2. The van der Waals surface area contributed by atoms with Gasteiger partial charge in [-0.1, -0.05) is 11.6 Å². The third-order valence-corrected chi connectivity index (χ3v) is 6.35. The number of anilines is 3. The fourth-order valence-corrected chi connectivity index (χ4v) is 4.17. The summed E-state index contributed by atoms with van der Waals surface area (Å²) >= 11 is 6.44. The molecular weight excluding hydrogens is 458 g/mol. The number of halogens is 1. The van der Waals surface area contributed by atoms with Crippen molar-refractivity contribution in [1.82, 2.24) is 14.9 Å². The van der Waals surface area contributed by atoms with Gasteiger partial charge in [-0.2, -0.15) is 0 Å². The minimum atomic E-state index is -0.313. The van der Waals surface area contributed by atoms with Crippen molar-refractivity contribution in [2.45, 2.75) is 18.9 Å². The number of pyridine rings is 2. The van der Waals surface area contributed by atoms with Crippen LogP contribution in [-0.4, -0.2) is 55.4 Å². The molecule has 1 aliphatic rings. The van der Waals surface area contributed by atoms with Gasteiger partial charge in [-0.25, -0.2) is 4.98 Å². The highest BCUT2D eigenvalue weighted by molar-refractivity contribution is 6.33. The fourth-order valence-electron chi connectivity index (χ4n) is 4.02. The summed E-state index contributed by atoms with van der Waals surface area (Å²) in [5, 5.41) is 7.12. The Bertz CT molecular complexity index is 1250. The average molecular weight is 486 g/mol. The second kappa shape index (κ2) is 10.3. The Kier molecular flexibility index (Phi) is 7.23. The number of hydrogen-bond donors (Lipinski definition) is 2. The lowest BCUT2D eigenvalue weighted by Crippen LogP contribution is -2.37. The number of fused-ring (bicyclic) bond motifs is 1. The lowest BCUT2D eigenvalue weighted by molar-refractivity contribution is -0.122. The number of piperidine rings is 1. The first kappa shape index (κ1) is 23.8. The van der Waals surface area contributed by atoms with Crippen LogP contribution in [0.3, 0.4) is 0 Å². The van der Waals surface area contributed by atoms with Crippen molar-refractivity contribution in [2.24, 2.45) is 7.05 Å². The Morgan fingerprint density at radius 3 is 2.71 bits per heavy atom. The van der Waals surface area contributed by atoms with Gasteiger partial charge in [-0.3, -0.25) is 9.59 Å². The van der Waals surface area contributed by atoms with E-state index in [1.807, 2.05) is 24.3 Å². The van der Waals surface area contributed by atoms with Gasteiger partial charge >= 0.3 is 0 Å². The van der Waals surface area contributed by atoms with Gasteiger partial charge in [0, 0.05) is 51.4 Å². The molecule has 3 heterocycles. The molecule has 3 aromatic rings. The van der Waals surface area contributed by atoms with E-state index in [1.54, 1.807) is 26.4 Å². The van der Waals surface area contributed by atoms with Crippen LogP contribution in [0.1, 0.15) is 12.8 Å². The summed E-state index contributed by atoms with van der Waals surface area (Å²) in [6.45, 7) is 1.51. The topological polar surface area (TPSA) is 97.7 Å². The predicted octanol–water partition coefficient (Wildman–Crippen LogP) is 3.07. The van der Waals surface area contributed by atoms with Crippen LogP contribution in [0.2, 0.25) is 5.02 Å². The van der Waals surface area contributed by atoms with E-state index < -0.39 is 0 Å². The van der Waals surface area contributed by atoms with Crippen LogP contribution in [0.4, 0.5) is 17.2 Å². The van der Waals surface area contributed by atoms with Gasteiger partial charge in [0.25, 0.3) is 11.5 Å².